The zero-order valence-electron chi connectivity index (χ0n) is 10.4. The van der Waals surface area contributed by atoms with Crippen molar-refractivity contribution in [3.63, 3.8) is 0 Å². The Labute approximate surface area is 113 Å². The highest BCUT2D eigenvalue weighted by Crippen LogP contribution is 2.40. The largest absolute Gasteiger partial charge is 0.384 e. The Morgan fingerprint density at radius 2 is 1.94 bits per heavy atom. The van der Waals surface area contributed by atoms with E-state index in [2.05, 4.69) is 48.6 Å². The van der Waals surface area contributed by atoms with E-state index < -0.39 is 0 Å². The van der Waals surface area contributed by atoms with Gasteiger partial charge in [-0.25, -0.2) is 0 Å². The van der Waals surface area contributed by atoms with E-state index in [4.69, 9.17) is 11.6 Å². The molecular weight excluding hydrogens is 242 g/mol. The van der Waals surface area contributed by atoms with Crippen LogP contribution in [-0.4, -0.2) is 6.54 Å². The molecule has 2 aromatic carbocycles. The molecule has 0 fully saturated rings. The third-order valence-corrected chi connectivity index (χ3v) is 3.97. The summed E-state index contributed by atoms with van der Waals surface area (Å²) in [6, 6.07) is 16.8. The monoisotopic (exact) mass is 257 g/mol. The van der Waals surface area contributed by atoms with Gasteiger partial charge >= 0.3 is 0 Å². The lowest BCUT2D eigenvalue weighted by Crippen LogP contribution is -2.27. The van der Waals surface area contributed by atoms with Crippen molar-refractivity contribution < 1.29 is 0 Å². The summed E-state index contributed by atoms with van der Waals surface area (Å²) >= 11 is 6.04. The zero-order chi connectivity index (χ0) is 12.6. The van der Waals surface area contributed by atoms with Crippen molar-refractivity contribution in [2.45, 2.75) is 18.8 Å². The van der Waals surface area contributed by atoms with E-state index in [1.807, 2.05) is 12.1 Å². The van der Waals surface area contributed by atoms with Crippen LogP contribution in [0.25, 0.3) is 0 Å². The van der Waals surface area contributed by atoms with Gasteiger partial charge in [-0.2, -0.15) is 0 Å². The second-order valence-electron chi connectivity index (χ2n) is 5.27. The van der Waals surface area contributed by atoms with Crippen LogP contribution in [0, 0.1) is 0 Å². The normalized spacial score (nSPS) is 21.4. The molecule has 3 rings (SSSR count). The highest BCUT2D eigenvalue weighted by molar-refractivity contribution is 6.30. The lowest BCUT2D eigenvalue weighted by atomic mass is 9.79. The van der Waals surface area contributed by atoms with Crippen molar-refractivity contribution in [1.29, 1.82) is 0 Å². The fraction of sp³-hybridized carbons (Fsp3) is 0.250. The van der Waals surface area contributed by atoms with Crippen molar-refractivity contribution in [3.8, 4) is 0 Å². The first kappa shape index (κ1) is 11.6. The van der Waals surface area contributed by atoms with E-state index >= 15 is 0 Å². The van der Waals surface area contributed by atoms with Gasteiger partial charge in [0.2, 0.25) is 0 Å². The summed E-state index contributed by atoms with van der Waals surface area (Å²) in [4.78, 5) is 0. The van der Waals surface area contributed by atoms with Crippen molar-refractivity contribution >= 4 is 17.3 Å². The molecule has 1 heterocycles. The molecule has 0 amide bonds. The standard InChI is InChI=1S/C16H16ClN/c1-16(10-12-5-3-2-4-6-12)11-18-15-9-13(17)7-8-14(15)16/h2-9,18H,10-11H2,1H3. The van der Waals surface area contributed by atoms with Gasteiger partial charge in [-0.05, 0) is 29.7 Å². The van der Waals surface area contributed by atoms with E-state index in [-0.39, 0.29) is 5.41 Å². The molecular formula is C16H16ClN. The smallest absolute Gasteiger partial charge is 0.0426 e. The first-order valence-corrected chi connectivity index (χ1v) is 6.63. The molecule has 2 heteroatoms. The average molecular weight is 258 g/mol. The van der Waals surface area contributed by atoms with Crippen molar-refractivity contribution in [3.05, 3.63) is 64.7 Å². The van der Waals surface area contributed by atoms with Crippen molar-refractivity contribution in [2.75, 3.05) is 11.9 Å². The predicted molar refractivity (Wildman–Crippen MR) is 77.4 cm³/mol. The maximum Gasteiger partial charge on any atom is 0.0426 e. The number of hydrogen-bond acceptors (Lipinski definition) is 1. The fourth-order valence-electron chi connectivity index (χ4n) is 2.78. The van der Waals surface area contributed by atoms with Crippen LogP contribution in [0.3, 0.4) is 0 Å². The summed E-state index contributed by atoms with van der Waals surface area (Å²) in [6.45, 7) is 3.28. The maximum atomic E-state index is 6.04. The third-order valence-electron chi connectivity index (χ3n) is 3.74. The molecule has 1 atom stereocenters. The molecule has 2 aromatic rings. The van der Waals surface area contributed by atoms with Gasteiger partial charge in [0, 0.05) is 22.7 Å². The Bertz CT molecular complexity index is 565. The fourth-order valence-corrected chi connectivity index (χ4v) is 2.95. The quantitative estimate of drug-likeness (QED) is 0.847. The number of fused-ring (bicyclic) bond motifs is 1. The molecule has 1 N–H and O–H groups in total. The molecule has 1 nitrogen and oxygen atoms in total. The molecule has 0 aliphatic carbocycles. The Hall–Kier alpha value is -1.47. The number of benzene rings is 2. The molecule has 0 bridgehead atoms. The molecule has 1 aliphatic rings. The van der Waals surface area contributed by atoms with Gasteiger partial charge < -0.3 is 5.32 Å². The SMILES string of the molecule is CC1(Cc2ccccc2)CNc2cc(Cl)ccc21. The topological polar surface area (TPSA) is 12.0 Å². The molecule has 0 aromatic heterocycles. The van der Waals surface area contributed by atoms with E-state index in [0.29, 0.717) is 0 Å². The van der Waals surface area contributed by atoms with Crippen LogP contribution in [-0.2, 0) is 11.8 Å². The molecule has 1 aliphatic heterocycles. The highest BCUT2D eigenvalue weighted by Gasteiger charge is 2.34. The van der Waals surface area contributed by atoms with Gasteiger partial charge in [-0.15, -0.1) is 0 Å². The van der Waals surface area contributed by atoms with Crippen LogP contribution in [0.4, 0.5) is 5.69 Å². The molecule has 0 radical (unpaired) electrons. The van der Waals surface area contributed by atoms with E-state index in [9.17, 15) is 0 Å². The summed E-state index contributed by atoms with van der Waals surface area (Å²) < 4.78 is 0. The van der Waals surface area contributed by atoms with Gasteiger partial charge in [0.15, 0.2) is 0 Å². The Kier molecular flexibility index (Phi) is 2.79. The number of rotatable bonds is 2. The second kappa shape index (κ2) is 4.33. The summed E-state index contributed by atoms with van der Waals surface area (Å²) in [5, 5.41) is 4.26. The van der Waals surface area contributed by atoms with Crippen LogP contribution >= 0.6 is 11.6 Å². The minimum absolute atomic E-state index is 0.154. The summed E-state index contributed by atoms with van der Waals surface area (Å²) in [5.74, 6) is 0. The minimum Gasteiger partial charge on any atom is -0.384 e. The summed E-state index contributed by atoms with van der Waals surface area (Å²) in [7, 11) is 0. The minimum atomic E-state index is 0.154. The Morgan fingerprint density at radius 3 is 2.72 bits per heavy atom. The van der Waals surface area contributed by atoms with Crippen LogP contribution in [0.2, 0.25) is 5.02 Å². The van der Waals surface area contributed by atoms with Gasteiger partial charge in [0.05, 0.1) is 0 Å². The van der Waals surface area contributed by atoms with Gasteiger partial charge in [0.25, 0.3) is 0 Å². The number of anilines is 1. The van der Waals surface area contributed by atoms with E-state index in [0.717, 1.165) is 18.0 Å². The number of nitrogens with one attached hydrogen (secondary N) is 1. The predicted octanol–water partition coefficient (Wildman–Crippen LogP) is 4.27. The number of halogens is 1. The molecule has 0 saturated carbocycles. The van der Waals surface area contributed by atoms with Crippen LogP contribution < -0.4 is 5.32 Å². The average Bonchev–Trinajstić information content (AvgIpc) is 2.67. The maximum absolute atomic E-state index is 6.04. The molecule has 18 heavy (non-hydrogen) atoms. The van der Waals surface area contributed by atoms with Crippen LogP contribution in [0.5, 0.6) is 0 Å². The van der Waals surface area contributed by atoms with Gasteiger partial charge in [0.1, 0.15) is 0 Å². The molecule has 0 spiro atoms. The zero-order valence-corrected chi connectivity index (χ0v) is 11.2. The molecule has 92 valence electrons. The number of hydrogen-bond donors (Lipinski definition) is 1. The summed E-state index contributed by atoms with van der Waals surface area (Å²) in [6.07, 6.45) is 1.05. The lowest BCUT2D eigenvalue weighted by molar-refractivity contribution is 0.520. The van der Waals surface area contributed by atoms with Crippen LogP contribution in [0.15, 0.2) is 48.5 Å². The second-order valence-corrected chi connectivity index (χ2v) is 5.70. The van der Waals surface area contributed by atoms with E-state index in [1.54, 1.807) is 0 Å². The summed E-state index contributed by atoms with van der Waals surface area (Å²) in [5.41, 5.74) is 4.09. The van der Waals surface area contributed by atoms with Gasteiger partial charge in [-0.3, -0.25) is 0 Å². The first-order chi connectivity index (χ1) is 8.67. The van der Waals surface area contributed by atoms with Crippen LogP contribution in [0.1, 0.15) is 18.1 Å². The first-order valence-electron chi connectivity index (χ1n) is 6.25. The Balaban J connectivity index is 1.94. The van der Waals surface area contributed by atoms with Crippen molar-refractivity contribution in [2.24, 2.45) is 0 Å². The van der Waals surface area contributed by atoms with Crippen molar-refractivity contribution in [1.82, 2.24) is 0 Å². The highest BCUT2D eigenvalue weighted by atomic mass is 35.5. The molecule has 1 unspecified atom stereocenters. The van der Waals surface area contributed by atoms with Gasteiger partial charge in [-0.1, -0.05) is 54.9 Å². The lowest BCUT2D eigenvalue weighted by Gasteiger charge is -2.24. The third kappa shape index (κ3) is 1.99. The Morgan fingerprint density at radius 1 is 1.17 bits per heavy atom. The van der Waals surface area contributed by atoms with E-state index in [1.165, 1.54) is 16.8 Å². The molecule has 0 saturated heterocycles.